The van der Waals surface area contributed by atoms with Gasteiger partial charge in [-0.2, -0.15) is 0 Å². The first-order valence-corrected chi connectivity index (χ1v) is 5.87. The third-order valence-electron chi connectivity index (χ3n) is 2.57. The van der Waals surface area contributed by atoms with Crippen LogP contribution in [0.4, 0.5) is 5.69 Å². The summed E-state index contributed by atoms with van der Waals surface area (Å²) in [5, 5.41) is 9.08. The molecule has 0 fully saturated rings. The highest BCUT2D eigenvalue weighted by Gasteiger charge is 2.11. The zero-order valence-corrected chi connectivity index (χ0v) is 10.6. The number of H-pyrrole nitrogens is 1. The molecule has 8 nitrogen and oxygen atoms in total. The Bertz CT molecular complexity index is 715. The number of aromatic amines is 1. The van der Waals surface area contributed by atoms with Crippen LogP contribution in [-0.2, 0) is 0 Å². The number of hydrogen-bond acceptors (Lipinski definition) is 5. The molecule has 100 valence electrons. The van der Waals surface area contributed by atoms with Crippen LogP contribution < -0.4 is 5.32 Å². The lowest BCUT2D eigenvalue weighted by Crippen LogP contribution is -2.14. The fraction of sp³-hybridized carbons (Fsp3) is 0.0833. The monoisotopic (exact) mass is 269 g/mol. The van der Waals surface area contributed by atoms with E-state index in [0.29, 0.717) is 17.3 Å². The van der Waals surface area contributed by atoms with E-state index in [1.807, 2.05) is 0 Å². The van der Waals surface area contributed by atoms with Gasteiger partial charge in [0.25, 0.3) is 5.91 Å². The molecule has 3 aromatic rings. The minimum atomic E-state index is -0.383. The van der Waals surface area contributed by atoms with Gasteiger partial charge in [-0.1, -0.05) is 0 Å². The van der Waals surface area contributed by atoms with Crippen LogP contribution in [0, 0.1) is 6.92 Å². The molecular formula is C12H11N7O. The van der Waals surface area contributed by atoms with E-state index in [0.717, 1.165) is 0 Å². The molecule has 3 rings (SSSR count). The van der Waals surface area contributed by atoms with Crippen molar-refractivity contribution in [2.75, 3.05) is 5.32 Å². The van der Waals surface area contributed by atoms with Crippen molar-refractivity contribution in [3.63, 3.8) is 0 Å². The van der Waals surface area contributed by atoms with E-state index in [2.05, 4.69) is 30.5 Å². The minimum absolute atomic E-state index is 0.0983. The maximum Gasteiger partial charge on any atom is 0.295 e. The first-order valence-electron chi connectivity index (χ1n) is 5.87. The number of anilines is 1. The maximum atomic E-state index is 11.8. The van der Waals surface area contributed by atoms with Crippen molar-refractivity contribution in [2.45, 2.75) is 6.92 Å². The normalized spacial score (nSPS) is 10.4. The quantitative estimate of drug-likeness (QED) is 0.737. The fourth-order valence-corrected chi connectivity index (χ4v) is 1.64. The van der Waals surface area contributed by atoms with E-state index >= 15 is 0 Å². The second-order valence-corrected chi connectivity index (χ2v) is 4.07. The number of amides is 1. The standard InChI is InChI=1S/C12H11N7O/c1-8-15-11(18-17-8)12(20)16-9-2-3-10(14-6-9)19-5-4-13-7-19/h2-7H,1H3,(H,16,20)(H,15,17,18). The van der Waals surface area contributed by atoms with E-state index in [1.165, 1.54) is 0 Å². The summed E-state index contributed by atoms with van der Waals surface area (Å²) in [6, 6.07) is 3.53. The predicted molar refractivity (Wildman–Crippen MR) is 70.4 cm³/mol. The largest absolute Gasteiger partial charge is 0.318 e. The van der Waals surface area contributed by atoms with Crippen LogP contribution in [0.2, 0.25) is 0 Å². The van der Waals surface area contributed by atoms with Crippen LogP contribution in [-0.4, -0.2) is 35.6 Å². The van der Waals surface area contributed by atoms with Crippen LogP contribution in [0.1, 0.15) is 16.4 Å². The summed E-state index contributed by atoms with van der Waals surface area (Å²) in [4.78, 5) is 24.0. The highest BCUT2D eigenvalue weighted by atomic mass is 16.2. The van der Waals surface area contributed by atoms with Crippen molar-refractivity contribution < 1.29 is 4.79 Å². The molecular weight excluding hydrogens is 258 g/mol. The summed E-state index contributed by atoms with van der Waals surface area (Å²) in [5.41, 5.74) is 0.571. The first-order chi connectivity index (χ1) is 9.72. The Kier molecular flexibility index (Phi) is 2.96. The SMILES string of the molecule is Cc1nc(C(=O)Nc2ccc(-n3ccnc3)nc2)n[nH]1. The number of nitrogens with one attached hydrogen (secondary N) is 2. The third kappa shape index (κ3) is 2.39. The average molecular weight is 269 g/mol. The molecule has 20 heavy (non-hydrogen) atoms. The summed E-state index contributed by atoms with van der Waals surface area (Å²) in [5.74, 6) is 1.02. The molecule has 2 N–H and O–H groups in total. The van der Waals surface area contributed by atoms with Crippen LogP contribution in [0.25, 0.3) is 5.82 Å². The van der Waals surface area contributed by atoms with Gasteiger partial charge in [0, 0.05) is 12.4 Å². The molecule has 0 aliphatic carbocycles. The smallest absolute Gasteiger partial charge is 0.295 e. The Hall–Kier alpha value is -3.03. The number of imidazole rings is 1. The zero-order chi connectivity index (χ0) is 13.9. The Morgan fingerprint density at radius 1 is 1.40 bits per heavy atom. The molecule has 0 aromatic carbocycles. The fourth-order valence-electron chi connectivity index (χ4n) is 1.64. The molecule has 8 heteroatoms. The molecule has 0 saturated heterocycles. The molecule has 1 amide bonds. The highest BCUT2D eigenvalue weighted by Crippen LogP contribution is 2.10. The lowest BCUT2D eigenvalue weighted by Gasteiger charge is -2.04. The molecule has 0 spiro atoms. The number of pyridine rings is 1. The van der Waals surface area contributed by atoms with Crippen LogP contribution in [0.15, 0.2) is 37.1 Å². The van der Waals surface area contributed by atoms with Gasteiger partial charge >= 0.3 is 0 Å². The van der Waals surface area contributed by atoms with E-state index in [1.54, 1.807) is 48.5 Å². The molecule has 0 atom stereocenters. The Morgan fingerprint density at radius 2 is 2.30 bits per heavy atom. The zero-order valence-electron chi connectivity index (χ0n) is 10.6. The lowest BCUT2D eigenvalue weighted by atomic mass is 10.4. The molecule has 0 radical (unpaired) electrons. The maximum absolute atomic E-state index is 11.8. The van der Waals surface area contributed by atoms with E-state index in [9.17, 15) is 4.79 Å². The number of carbonyl (C=O) groups is 1. The number of nitrogens with zero attached hydrogens (tertiary/aromatic N) is 5. The van der Waals surface area contributed by atoms with Crippen LogP contribution in [0.5, 0.6) is 0 Å². The number of aromatic nitrogens is 6. The van der Waals surface area contributed by atoms with Crippen molar-refractivity contribution in [1.82, 2.24) is 29.7 Å². The van der Waals surface area contributed by atoms with Gasteiger partial charge in [-0.15, -0.1) is 5.10 Å². The molecule has 3 aromatic heterocycles. The van der Waals surface area contributed by atoms with Crippen LogP contribution >= 0.6 is 0 Å². The van der Waals surface area contributed by atoms with Gasteiger partial charge in [-0.05, 0) is 19.1 Å². The number of carbonyl (C=O) groups excluding carboxylic acids is 1. The second-order valence-electron chi connectivity index (χ2n) is 4.07. The van der Waals surface area contributed by atoms with E-state index < -0.39 is 0 Å². The molecule has 0 saturated carbocycles. The van der Waals surface area contributed by atoms with E-state index in [4.69, 9.17) is 0 Å². The predicted octanol–water partition coefficient (Wildman–Crippen LogP) is 0.946. The lowest BCUT2D eigenvalue weighted by molar-refractivity contribution is 0.101. The van der Waals surface area contributed by atoms with Crippen molar-refractivity contribution in [3.8, 4) is 5.82 Å². The Morgan fingerprint density at radius 3 is 2.90 bits per heavy atom. The van der Waals surface area contributed by atoms with Gasteiger partial charge in [0.2, 0.25) is 5.82 Å². The van der Waals surface area contributed by atoms with Gasteiger partial charge in [0.05, 0.1) is 11.9 Å². The minimum Gasteiger partial charge on any atom is -0.318 e. The molecule has 0 aliphatic heterocycles. The summed E-state index contributed by atoms with van der Waals surface area (Å²) in [6.07, 6.45) is 6.67. The number of rotatable bonds is 3. The van der Waals surface area contributed by atoms with Crippen LogP contribution in [0.3, 0.4) is 0 Å². The molecule has 0 aliphatic rings. The third-order valence-corrected chi connectivity index (χ3v) is 2.57. The number of aryl methyl sites for hydroxylation is 1. The summed E-state index contributed by atoms with van der Waals surface area (Å²) >= 11 is 0. The van der Waals surface area contributed by atoms with Gasteiger partial charge in [-0.25, -0.2) is 15.0 Å². The Balaban J connectivity index is 1.74. The van der Waals surface area contributed by atoms with Gasteiger partial charge in [0.1, 0.15) is 18.0 Å². The van der Waals surface area contributed by atoms with Gasteiger partial charge in [0.15, 0.2) is 0 Å². The van der Waals surface area contributed by atoms with Crippen molar-refractivity contribution in [1.29, 1.82) is 0 Å². The van der Waals surface area contributed by atoms with E-state index in [-0.39, 0.29) is 11.7 Å². The second kappa shape index (κ2) is 4.92. The van der Waals surface area contributed by atoms with Crippen molar-refractivity contribution in [3.05, 3.63) is 48.7 Å². The summed E-state index contributed by atoms with van der Waals surface area (Å²) in [6.45, 7) is 1.73. The van der Waals surface area contributed by atoms with Crippen molar-refractivity contribution in [2.24, 2.45) is 0 Å². The Labute approximate surface area is 113 Å². The first kappa shape index (κ1) is 12.0. The van der Waals surface area contributed by atoms with Gasteiger partial charge in [-0.3, -0.25) is 14.5 Å². The molecule has 3 heterocycles. The summed E-state index contributed by atoms with van der Waals surface area (Å²) < 4.78 is 1.77. The highest BCUT2D eigenvalue weighted by molar-refractivity contribution is 6.01. The topological polar surface area (TPSA) is 101 Å². The van der Waals surface area contributed by atoms with Crippen molar-refractivity contribution >= 4 is 11.6 Å². The molecule has 0 unspecified atom stereocenters. The molecule has 0 bridgehead atoms. The summed E-state index contributed by atoms with van der Waals surface area (Å²) in [7, 11) is 0. The number of hydrogen-bond donors (Lipinski definition) is 2. The van der Waals surface area contributed by atoms with Gasteiger partial charge < -0.3 is 5.32 Å². The average Bonchev–Trinajstić information content (AvgIpc) is 3.10.